The van der Waals surface area contributed by atoms with Crippen molar-refractivity contribution in [2.24, 2.45) is 0 Å². The van der Waals surface area contributed by atoms with E-state index in [0.29, 0.717) is 5.16 Å². The van der Waals surface area contributed by atoms with E-state index in [2.05, 4.69) is 16.2 Å². The largest absolute Gasteiger partial charge is 0.390 e. The third-order valence-electron chi connectivity index (χ3n) is 2.47. The molecule has 1 nitrogen and oxygen atoms in total. The van der Waals surface area contributed by atoms with E-state index in [1.54, 1.807) is 0 Å². The van der Waals surface area contributed by atoms with Crippen LogP contribution in [0.25, 0.3) is 0 Å². The summed E-state index contributed by atoms with van der Waals surface area (Å²) in [6.45, 7) is 4.18. The molecule has 1 N–H and O–H groups in total. The summed E-state index contributed by atoms with van der Waals surface area (Å²) < 4.78 is 0. The number of hydrogen-bond acceptors (Lipinski definition) is 1. The van der Waals surface area contributed by atoms with Crippen LogP contribution in [0.5, 0.6) is 0 Å². The maximum atomic E-state index is 9.60. The zero-order valence-electron chi connectivity index (χ0n) is 6.85. The molecule has 0 saturated heterocycles. The van der Waals surface area contributed by atoms with Crippen LogP contribution < -0.4 is 0 Å². The monoisotopic (exact) mass is 160 g/mol. The fourth-order valence-electron chi connectivity index (χ4n) is 1.36. The van der Waals surface area contributed by atoms with Gasteiger partial charge >= 0.3 is 0 Å². The minimum Gasteiger partial charge on any atom is -0.390 e. The van der Waals surface area contributed by atoms with Crippen molar-refractivity contribution < 1.29 is 5.11 Å². The van der Waals surface area contributed by atoms with Gasteiger partial charge in [-0.2, -0.15) is 0 Å². The first kappa shape index (κ1) is 8.49. The highest BCUT2D eigenvalue weighted by Crippen LogP contribution is 2.39. The molecule has 1 fully saturated rings. The van der Waals surface area contributed by atoms with E-state index in [1.165, 1.54) is 0 Å². The van der Waals surface area contributed by atoms with Crippen LogP contribution in [-0.4, -0.2) is 15.9 Å². The van der Waals surface area contributed by atoms with E-state index >= 15 is 0 Å². The summed E-state index contributed by atoms with van der Waals surface area (Å²) in [5.74, 6) is 0. The molecule has 0 aromatic heterocycles. The molecule has 10 heavy (non-hydrogen) atoms. The summed E-state index contributed by atoms with van der Waals surface area (Å²) in [6.07, 6.45) is 4.16. The summed E-state index contributed by atoms with van der Waals surface area (Å²) in [5, 5.41) is 9.99. The van der Waals surface area contributed by atoms with Gasteiger partial charge in [0.05, 0.1) is 5.60 Å². The first-order valence-corrected chi connectivity index (χ1v) is 4.50. The lowest BCUT2D eigenvalue weighted by molar-refractivity contribution is 0.0152. The highest BCUT2D eigenvalue weighted by atomic mass is 31.0. The molecule has 0 aromatic rings. The van der Waals surface area contributed by atoms with E-state index in [9.17, 15) is 5.11 Å². The smallest absolute Gasteiger partial charge is 0.0620 e. The highest BCUT2D eigenvalue weighted by Gasteiger charge is 2.32. The fourth-order valence-corrected chi connectivity index (χ4v) is 1.65. The Hall–Kier alpha value is 0.390. The molecule has 0 spiro atoms. The summed E-state index contributed by atoms with van der Waals surface area (Å²) in [4.78, 5) is 0. The van der Waals surface area contributed by atoms with Crippen molar-refractivity contribution in [3.05, 3.63) is 0 Å². The first-order chi connectivity index (χ1) is 4.41. The van der Waals surface area contributed by atoms with E-state index < -0.39 is 0 Å². The summed E-state index contributed by atoms with van der Waals surface area (Å²) >= 11 is 0. The second-order valence-corrected chi connectivity index (χ2v) is 5.54. The molecule has 0 bridgehead atoms. The van der Waals surface area contributed by atoms with Crippen LogP contribution in [0, 0.1) is 0 Å². The molecule has 0 aliphatic heterocycles. The Morgan fingerprint density at radius 1 is 1.10 bits per heavy atom. The Balaban J connectivity index is 2.46. The molecular weight excluding hydrogens is 143 g/mol. The van der Waals surface area contributed by atoms with Gasteiger partial charge in [-0.3, -0.25) is 0 Å². The number of hydrogen-bond donors (Lipinski definition) is 1. The Morgan fingerprint density at radius 3 is 1.80 bits per heavy atom. The van der Waals surface area contributed by atoms with Gasteiger partial charge in [-0.05, 0) is 37.8 Å². The standard InChI is InChI=1S/C8H17OP/c1-7(9)3-5-8(2,10)6-4-7/h9H,3-6,10H2,1-2H3. The molecule has 1 atom stereocenters. The third kappa shape index (κ3) is 2.21. The van der Waals surface area contributed by atoms with Crippen molar-refractivity contribution in [1.82, 2.24) is 0 Å². The predicted molar refractivity (Wildman–Crippen MR) is 47.2 cm³/mol. The van der Waals surface area contributed by atoms with Gasteiger partial charge < -0.3 is 5.11 Å². The number of rotatable bonds is 0. The van der Waals surface area contributed by atoms with Crippen molar-refractivity contribution >= 4 is 9.24 Å². The molecule has 0 heterocycles. The predicted octanol–water partition coefficient (Wildman–Crippen LogP) is 1.95. The zero-order chi connectivity index (χ0) is 7.83. The third-order valence-corrected chi connectivity index (χ3v) is 3.05. The molecule has 60 valence electrons. The van der Waals surface area contributed by atoms with Gasteiger partial charge in [0, 0.05) is 0 Å². The minimum absolute atomic E-state index is 0.379. The summed E-state index contributed by atoms with van der Waals surface area (Å²) in [7, 11) is 2.88. The molecule has 1 rings (SSSR count). The van der Waals surface area contributed by atoms with Crippen LogP contribution in [0.3, 0.4) is 0 Å². The molecular formula is C8H17OP. The van der Waals surface area contributed by atoms with Crippen LogP contribution in [-0.2, 0) is 0 Å². The lowest BCUT2D eigenvalue weighted by atomic mass is 9.80. The lowest BCUT2D eigenvalue weighted by Crippen LogP contribution is -2.35. The average molecular weight is 160 g/mol. The highest BCUT2D eigenvalue weighted by molar-refractivity contribution is 7.18. The Kier molecular flexibility index (Phi) is 2.09. The van der Waals surface area contributed by atoms with Crippen molar-refractivity contribution in [3.8, 4) is 0 Å². The Morgan fingerprint density at radius 2 is 1.50 bits per heavy atom. The quantitative estimate of drug-likeness (QED) is 0.537. The van der Waals surface area contributed by atoms with Gasteiger partial charge in [0.25, 0.3) is 0 Å². The second kappa shape index (κ2) is 2.46. The van der Waals surface area contributed by atoms with Crippen LogP contribution in [0.15, 0.2) is 0 Å². The van der Waals surface area contributed by atoms with Gasteiger partial charge in [0.1, 0.15) is 0 Å². The van der Waals surface area contributed by atoms with Crippen molar-refractivity contribution in [3.63, 3.8) is 0 Å². The molecule has 1 aliphatic carbocycles. The van der Waals surface area contributed by atoms with E-state index in [-0.39, 0.29) is 5.60 Å². The van der Waals surface area contributed by atoms with Crippen LogP contribution in [0.4, 0.5) is 0 Å². The van der Waals surface area contributed by atoms with E-state index in [4.69, 9.17) is 0 Å². The minimum atomic E-state index is -0.379. The van der Waals surface area contributed by atoms with E-state index in [0.717, 1.165) is 25.7 Å². The number of aliphatic hydroxyl groups is 1. The topological polar surface area (TPSA) is 20.2 Å². The molecule has 0 radical (unpaired) electrons. The summed E-state index contributed by atoms with van der Waals surface area (Å²) in [5.41, 5.74) is -0.379. The lowest BCUT2D eigenvalue weighted by Gasteiger charge is -2.37. The first-order valence-electron chi connectivity index (χ1n) is 3.93. The van der Waals surface area contributed by atoms with Gasteiger partial charge in [-0.25, -0.2) is 0 Å². The fraction of sp³-hybridized carbons (Fsp3) is 1.00. The van der Waals surface area contributed by atoms with Gasteiger partial charge in [-0.1, -0.05) is 6.92 Å². The SMILES string of the molecule is CC1(O)CCC(C)(P)CC1. The Bertz CT molecular complexity index is 101. The normalized spacial score (nSPS) is 49.2. The molecule has 2 heteroatoms. The average Bonchev–Trinajstić information content (AvgIpc) is 1.79. The second-order valence-electron chi connectivity index (χ2n) is 4.15. The molecule has 1 saturated carbocycles. The molecule has 0 amide bonds. The van der Waals surface area contributed by atoms with Crippen molar-refractivity contribution in [2.45, 2.75) is 50.3 Å². The van der Waals surface area contributed by atoms with E-state index in [1.807, 2.05) is 6.92 Å². The van der Waals surface area contributed by atoms with Crippen LogP contribution >= 0.6 is 9.24 Å². The van der Waals surface area contributed by atoms with Crippen LogP contribution in [0.2, 0.25) is 0 Å². The Labute approximate surface area is 65.4 Å². The maximum Gasteiger partial charge on any atom is 0.0620 e. The molecule has 1 aliphatic rings. The summed E-state index contributed by atoms with van der Waals surface area (Å²) in [6, 6.07) is 0. The zero-order valence-corrected chi connectivity index (χ0v) is 8.01. The van der Waals surface area contributed by atoms with Gasteiger partial charge in [0.2, 0.25) is 0 Å². The molecule has 0 aromatic carbocycles. The van der Waals surface area contributed by atoms with Crippen molar-refractivity contribution in [2.75, 3.05) is 0 Å². The van der Waals surface area contributed by atoms with Crippen molar-refractivity contribution in [1.29, 1.82) is 0 Å². The van der Waals surface area contributed by atoms with Crippen LogP contribution in [0.1, 0.15) is 39.5 Å². The maximum absolute atomic E-state index is 9.60. The van der Waals surface area contributed by atoms with Gasteiger partial charge in [-0.15, -0.1) is 9.24 Å². The molecule has 1 unspecified atom stereocenters. The van der Waals surface area contributed by atoms with Gasteiger partial charge in [0.15, 0.2) is 0 Å².